The fraction of sp³-hybridized carbons (Fsp3) is 0.250. The van der Waals surface area contributed by atoms with Crippen LogP contribution in [0.2, 0.25) is 0 Å². The molecular formula is C12H15N3O. The summed E-state index contributed by atoms with van der Waals surface area (Å²) in [5, 5.41) is 4.35. The number of methoxy groups -OCH3 is 1. The third kappa shape index (κ3) is 2.29. The summed E-state index contributed by atoms with van der Waals surface area (Å²) in [6, 6.07) is 10.0. The van der Waals surface area contributed by atoms with E-state index in [2.05, 4.69) is 11.2 Å². The van der Waals surface area contributed by atoms with Crippen LogP contribution in [0.3, 0.4) is 0 Å². The second-order valence-corrected chi connectivity index (χ2v) is 3.56. The van der Waals surface area contributed by atoms with Crippen LogP contribution < -0.4 is 5.73 Å². The summed E-state index contributed by atoms with van der Waals surface area (Å²) in [7, 11) is 1.69. The van der Waals surface area contributed by atoms with Gasteiger partial charge in [-0.3, -0.25) is 0 Å². The van der Waals surface area contributed by atoms with Crippen LogP contribution >= 0.6 is 0 Å². The van der Waals surface area contributed by atoms with E-state index in [9.17, 15) is 0 Å². The fourth-order valence-corrected chi connectivity index (χ4v) is 1.57. The molecule has 0 saturated carbocycles. The van der Waals surface area contributed by atoms with Gasteiger partial charge in [0.25, 0.3) is 0 Å². The zero-order chi connectivity index (χ0) is 11.4. The van der Waals surface area contributed by atoms with Crippen molar-refractivity contribution in [3.63, 3.8) is 0 Å². The number of hydrogen-bond acceptors (Lipinski definition) is 3. The molecule has 0 bridgehead atoms. The zero-order valence-corrected chi connectivity index (χ0v) is 9.26. The number of ether oxygens (including phenoxy) is 1. The molecule has 84 valence electrons. The summed E-state index contributed by atoms with van der Waals surface area (Å²) in [4.78, 5) is 0. The van der Waals surface area contributed by atoms with Gasteiger partial charge in [-0.05, 0) is 23.8 Å². The summed E-state index contributed by atoms with van der Waals surface area (Å²) in [6.45, 7) is 1.07. The Balaban J connectivity index is 2.28. The maximum absolute atomic E-state index is 5.52. The molecule has 0 aliphatic rings. The highest BCUT2D eigenvalue weighted by Crippen LogP contribution is 2.11. The lowest BCUT2D eigenvalue weighted by molar-refractivity contribution is 0.185. The third-order valence-corrected chi connectivity index (χ3v) is 2.34. The lowest BCUT2D eigenvalue weighted by atomic mass is 10.2. The molecule has 1 aromatic heterocycles. The normalized spacial score (nSPS) is 10.6. The monoisotopic (exact) mass is 217 g/mol. The first kappa shape index (κ1) is 10.9. The Labute approximate surface area is 94.6 Å². The van der Waals surface area contributed by atoms with E-state index in [1.165, 1.54) is 0 Å². The largest absolute Gasteiger partial charge is 0.380 e. The quantitative estimate of drug-likeness (QED) is 0.844. The molecule has 0 amide bonds. The van der Waals surface area contributed by atoms with Gasteiger partial charge in [-0.25, -0.2) is 4.68 Å². The van der Waals surface area contributed by atoms with Gasteiger partial charge in [-0.2, -0.15) is 5.10 Å². The van der Waals surface area contributed by atoms with E-state index in [0.717, 1.165) is 16.9 Å². The Morgan fingerprint density at radius 2 is 2.25 bits per heavy atom. The average Bonchev–Trinajstić information content (AvgIpc) is 2.78. The van der Waals surface area contributed by atoms with E-state index in [4.69, 9.17) is 10.5 Å². The molecule has 0 unspecified atom stereocenters. The number of aromatic nitrogens is 2. The van der Waals surface area contributed by atoms with Gasteiger partial charge >= 0.3 is 0 Å². The van der Waals surface area contributed by atoms with Gasteiger partial charge in [-0.15, -0.1) is 0 Å². The first-order chi connectivity index (χ1) is 7.83. The van der Waals surface area contributed by atoms with Crippen molar-refractivity contribution in [1.29, 1.82) is 0 Å². The number of benzene rings is 1. The molecule has 2 rings (SSSR count). The molecule has 0 aliphatic heterocycles. The van der Waals surface area contributed by atoms with Crippen molar-refractivity contribution in [2.75, 3.05) is 7.11 Å². The third-order valence-electron chi connectivity index (χ3n) is 2.34. The first-order valence-electron chi connectivity index (χ1n) is 5.16. The van der Waals surface area contributed by atoms with Crippen LogP contribution in [0.5, 0.6) is 0 Å². The Kier molecular flexibility index (Phi) is 3.34. The summed E-state index contributed by atoms with van der Waals surface area (Å²) < 4.78 is 6.92. The van der Waals surface area contributed by atoms with Gasteiger partial charge in [-0.1, -0.05) is 12.1 Å². The predicted octanol–water partition coefficient (Wildman–Crippen LogP) is 1.48. The Morgan fingerprint density at radius 3 is 2.94 bits per heavy atom. The molecule has 0 spiro atoms. The molecule has 4 nitrogen and oxygen atoms in total. The van der Waals surface area contributed by atoms with Crippen LogP contribution in [0.25, 0.3) is 5.69 Å². The first-order valence-corrected chi connectivity index (χ1v) is 5.16. The molecule has 0 aliphatic carbocycles. The van der Waals surface area contributed by atoms with Gasteiger partial charge in [0.1, 0.15) is 0 Å². The smallest absolute Gasteiger partial charge is 0.0764 e. The molecule has 2 N–H and O–H groups in total. The second kappa shape index (κ2) is 4.92. The van der Waals surface area contributed by atoms with Gasteiger partial charge < -0.3 is 10.5 Å². The van der Waals surface area contributed by atoms with Crippen molar-refractivity contribution in [3.05, 3.63) is 47.8 Å². The number of hydrogen-bond donors (Lipinski definition) is 1. The highest BCUT2D eigenvalue weighted by Gasteiger charge is 2.00. The minimum Gasteiger partial charge on any atom is -0.380 e. The second-order valence-electron chi connectivity index (χ2n) is 3.56. The van der Waals surface area contributed by atoms with Crippen LogP contribution in [0.1, 0.15) is 11.3 Å². The highest BCUT2D eigenvalue weighted by atomic mass is 16.5. The van der Waals surface area contributed by atoms with Crippen molar-refractivity contribution in [2.45, 2.75) is 13.2 Å². The predicted molar refractivity (Wildman–Crippen MR) is 62.2 cm³/mol. The van der Waals surface area contributed by atoms with Crippen LogP contribution in [-0.4, -0.2) is 16.9 Å². The molecule has 0 saturated heterocycles. The molecule has 0 radical (unpaired) electrons. The van der Waals surface area contributed by atoms with Crippen LogP contribution in [-0.2, 0) is 17.9 Å². The topological polar surface area (TPSA) is 53.1 Å². The van der Waals surface area contributed by atoms with Gasteiger partial charge in [0, 0.05) is 19.9 Å². The lowest BCUT2D eigenvalue weighted by Crippen LogP contribution is -2.01. The SMILES string of the molecule is COCc1cccc(-n2ccc(CN)n2)c1. The van der Waals surface area contributed by atoms with Crippen LogP contribution in [0.15, 0.2) is 36.5 Å². The van der Waals surface area contributed by atoms with Gasteiger partial charge in [0.05, 0.1) is 18.0 Å². The fourth-order valence-electron chi connectivity index (χ4n) is 1.57. The number of rotatable bonds is 4. The van der Waals surface area contributed by atoms with Gasteiger partial charge in [0.15, 0.2) is 0 Å². The molecule has 1 aromatic carbocycles. The van der Waals surface area contributed by atoms with Crippen molar-refractivity contribution >= 4 is 0 Å². The Bertz CT molecular complexity index is 465. The molecule has 16 heavy (non-hydrogen) atoms. The van der Waals surface area contributed by atoms with E-state index in [1.54, 1.807) is 7.11 Å². The molecule has 1 heterocycles. The van der Waals surface area contributed by atoms with Crippen molar-refractivity contribution < 1.29 is 4.74 Å². The molecule has 0 fully saturated rings. The Morgan fingerprint density at radius 1 is 1.38 bits per heavy atom. The van der Waals surface area contributed by atoms with Crippen molar-refractivity contribution in [1.82, 2.24) is 9.78 Å². The van der Waals surface area contributed by atoms with E-state index < -0.39 is 0 Å². The van der Waals surface area contributed by atoms with E-state index in [-0.39, 0.29) is 0 Å². The molecule has 0 atom stereocenters. The van der Waals surface area contributed by atoms with Crippen LogP contribution in [0, 0.1) is 0 Å². The molecule has 4 heteroatoms. The van der Waals surface area contributed by atoms with E-state index in [1.807, 2.05) is 35.1 Å². The minimum atomic E-state index is 0.463. The highest BCUT2D eigenvalue weighted by molar-refractivity contribution is 5.35. The van der Waals surface area contributed by atoms with Gasteiger partial charge in [0.2, 0.25) is 0 Å². The van der Waals surface area contributed by atoms with Crippen LogP contribution in [0.4, 0.5) is 0 Å². The number of nitrogens with zero attached hydrogens (tertiary/aromatic N) is 2. The lowest BCUT2D eigenvalue weighted by Gasteiger charge is -2.04. The van der Waals surface area contributed by atoms with Crippen molar-refractivity contribution in [3.8, 4) is 5.69 Å². The standard InChI is InChI=1S/C12H15N3O/c1-16-9-10-3-2-4-12(7-10)15-6-5-11(8-13)14-15/h2-7H,8-9,13H2,1H3. The molecular weight excluding hydrogens is 202 g/mol. The Hall–Kier alpha value is -1.65. The summed E-state index contributed by atoms with van der Waals surface area (Å²) in [5.41, 5.74) is 8.56. The average molecular weight is 217 g/mol. The maximum Gasteiger partial charge on any atom is 0.0764 e. The zero-order valence-electron chi connectivity index (χ0n) is 9.26. The van der Waals surface area contributed by atoms with E-state index >= 15 is 0 Å². The van der Waals surface area contributed by atoms with Crippen molar-refractivity contribution in [2.24, 2.45) is 5.73 Å². The summed E-state index contributed by atoms with van der Waals surface area (Å²) in [6.07, 6.45) is 1.91. The summed E-state index contributed by atoms with van der Waals surface area (Å²) in [5.74, 6) is 0. The maximum atomic E-state index is 5.52. The summed E-state index contributed by atoms with van der Waals surface area (Å²) >= 11 is 0. The van der Waals surface area contributed by atoms with E-state index in [0.29, 0.717) is 13.2 Å². The number of nitrogens with two attached hydrogens (primary N) is 1. The minimum absolute atomic E-state index is 0.463. The molecule has 2 aromatic rings.